The molecule has 1 fully saturated rings. The molecule has 0 spiro atoms. The second kappa shape index (κ2) is 5.56. The Bertz CT molecular complexity index is 713. The van der Waals surface area contributed by atoms with E-state index in [9.17, 15) is 9.59 Å². The summed E-state index contributed by atoms with van der Waals surface area (Å²) in [6.07, 6.45) is 1.54. The summed E-state index contributed by atoms with van der Waals surface area (Å²) >= 11 is 0. The van der Waals surface area contributed by atoms with Crippen molar-refractivity contribution in [3.63, 3.8) is 0 Å². The molecule has 0 radical (unpaired) electrons. The standard InChI is InChI=1S/C13H16N4O3/c18-12-11-10(2-1-3-15-11)16-13(19)17(12)7-9-6-14-4-5-20-8-9/h1-3,9,14H,4-8H2,(H,16,19). The minimum Gasteiger partial charge on any atom is -0.380 e. The van der Waals surface area contributed by atoms with Gasteiger partial charge in [-0.3, -0.25) is 9.36 Å². The van der Waals surface area contributed by atoms with E-state index in [1.54, 1.807) is 18.3 Å². The SMILES string of the molecule is O=c1[nH]c2cccnc2c(=O)n1CC1CNCCOC1. The van der Waals surface area contributed by atoms with Crippen LogP contribution in [0.5, 0.6) is 0 Å². The molecule has 3 heterocycles. The minimum absolute atomic E-state index is 0.0949. The number of ether oxygens (including phenoxy) is 1. The number of nitrogens with zero attached hydrogens (tertiary/aromatic N) is 2. The monoisotopic (exact) mass is 276 g/mol. The lowest BCUT2D eigenvalue weighted by molar-refractivity contribution is 0.117. The summed E-state index contributed by atoms with van der Waals surface area (Å²) in [5.74, 6) is 0.0949. The van der Waals surface area contributed by atoms with E-state index in [2.05, 4.69) is 15.3 Å². The molecule has 1 unspecified atom stereocenters. The maximum absolute atomic E-state index is 12.3. The van der Waals surface area contributed by atoms with Crippen LogP contribution in [0.15, 0.2) is 27.9 Å². The third-order valence-electron chi connectivity index (χ3n) is 3.39. The van der Waals surface area contributed by atoms with Crippen molar-refractivity contribution < 1.29 is 4.74 Å². The molecule has 2 aromatic heterocycles. The van der Waals surface area contributed by atoms with Crippen LogP contribution in [0.3, 0.4) is 0 Å². The lowest BCUT2D eigenvalue weighted by Crippen LogP contribution is -2.39. The number of aromatic nitrogens is 3. The number of fused-ring (bicyclic) bond motifs is 1. The van der Waals surface area contributed by atoms with Crippen LogP contribution in [-0.2, 0) is 11.3 Å². The van der Waals surface area contributed by atoms with Crippen molar-refractivity contribution in [1.29, 1.82) is 0 Å². The predicted molar refractivity (Wildman–Crippen MR) is 73.8 cm³/mol. The lowest BCUT2D eigenvalue weighted by Gasteiger charge is -2.14. The van der Waals surface area contributed by atoms with E-state index in [1.165, 1.54) is 4.57 Å². The maximum Gasteiger partial charge on any atom is 0.328 e. The molecule has 0 aliphatic carbocycles. The summed E-state index contributed by atoms with van der Waals surface area (Å²) in [4.78, 5) is 31.1. The zero-order valence-electron chi connectivity index (χ0n) is 11.0. The molecule has 3 rings (SSSR count). The van der Waals surface area contributed by atoms with E-state index in [0.717, 1.165) is 13.1 Å². The zero-order chi connectivity index (χ0) is 13.9. The average molecular weight is 276 g/mol. The third kappa shape index (κ3) is 2.50. The Hall–Kier alpha value is -1.99. The molecule has 2 N–H and O–H groups in total. The Morgan fingerprint density at radius 3 is 3.25 bits per heavy atom. The first-order valence-electron chi connectivity index (χ1n) is 6.62. The molecule has 7 nitrogen and oxygen atoms in total. The van der Waals surface area contributed by atoms with Crippen molar-refractivity contribution in [2.45, 2.75) is 6.54 Å². The van der Waals surface area contributed by atoms with Gasteiger partial charge in [-0.2, -0.15) is 0 Å². The Morgan fingerprint density at radius 1 is 1.45 bits per heavy atom. The zero-order valence-corrected chi connectivity index (χ0v) is 11.0. The quantitative estimate of drug-likeness (QED) is 0.758. The van der Waals surface area contributed by atoms with E-state index in [-0.39, 0.29) is 17.0 Å². The Morgan fingerprint density at radius 2 is 2.35 bits per heavy atom. The molecule has 7 heteroatoms. The average Bonchev–Trinajstić information content (AvgIpc) is 2.72. The van der Waals surface area contributed by atoms with Crippen molar-refractivity contribution in [3.05, 3.63) is 39.2 Å². The molecular weight excluding hydrogens is 260 g/mol. The number of rotatable bonds is 2. The van der Waals surface area contributed by atoms with Crippen LogP contribution in [0.1, 0.15) is 0 Å². The van der Waals surface area contributed by atoms with Gasteiger partial charge in [0.15, 0.2) is 5.52 Å². The van der Waals surface area contributed by atoms with Crippen LogP contribution in [-0.4, -0.2) is 40.8 Å². The first kappa shape index (κ1) is 13.0. The van der Waals surface area contributed by atoms with Crippen molar-refractivity contribution >= 4 is 11.0 Å². The van der Waals surface area contributed by atoms with Crippen LogP contribution in [0.25, 0.3) is 11.0 Å². The number of hydrogen-bond donors (Lipinski definition) is 2. The molecule has 2 aromatic rings. The molecule has 1 saturated heterocycles. The molecule has 0 aromatic carbocycles. The molecule has 20 heavy (non-hydrogen) atoms. The molecule has 1 atom stereocenters. The summed E-state index contributed by atoms with van der Waals surface area (Å²) in [6, 6.07) is 3.36. The van der Waals surface area contributed by atoms with Gasteiger partial charge in [0.2, 0.25) is 0 Å². The fraction of sp³-hybridized carbons (Fsp3) is 0.462. The Labute approximate surface area is 114 Å². The van der Waals surface area contributed by atoms with E-state index in [4.69, 9.17) is 4.74 Å². The van der Waals surface area contributed by atoms with E-state index in [0.29, 0.717) is 25.3 Å². The molecule has 0 saturated carbocycles. The lowest BCUT2D eigenvalue weighted by atomic mass is 10.1. The van der Waals surface area contributed by atoms with Crippen LogP contribution in [0.2, 0.25) is 0 Å². The highest BCUT2D eigenvalue weighted by molar-refractivity contribution is 5.71. The molecule has 0 amide bonds. The van der Waals surface area contributed by atoms with Crippen LogP contribution in [0.4, 0.5) is 0 Å². The normalized spacial score (nSPS) is 19.9. The number of pyridine rings is 1. The fourth-order valence-electron chi connectivity index (χ4n) is 2.38. The minimum atomic E-state index is -0.403. The van der Waals surface area contributed by atoms with Gasteiger partial charge in [0.05, 0.1) is 18.7 Å². The van der Waals surface area contributed by atoms with Gasteiger partial charge in [-0.25, -0.2) is 9.78 Å². The van der Waals surface area contributed by atoms with Crippen LogP contribution in [0, 0.1) is 5.92 Å². The largest absolute Gasteiger partial charge is 0.380 e. The van der Waals surface area contributed by atoms with Gasteiger partial charge in [0.25, 0.3) is 5.56 Å². The van der Waals surface area contributed by atoms with Gasteiger partial charge in [-0.1, -0.05) is 0 Å². The first-order chi connectivity index (χ1) is 9.75. The van der Waals surface area contributed by atoms with Crippen LogP contribution < -0.4 is 16.6 Å². The number of H-pyrrole nitrogens is 1. The molecule has 0 bridgehead atoms. The van der Waals surface area contributed by atoms with Crippen LogP contribution >= 0.6 is 0 Å². The van der Waals surface area contributed by atoms with Gasteiger partial charge in [-0.05, 0) is 12.1 Å². The van der Waals surface area contributed by atoms with E-state index in [1.807, 2.05) is 0 Å². The van der Waals surface area contributed by atoms with Gasteiger partial charge in [-0.15, -0.1) is 0 Å². The number of aromatic amines is 1. The van der Waals surface area contributed by atoms with E-state index >= 15 is 0 Å². The second-order valence-electron chi connectivity index (χ2n) is 4.89. The highest BCUT2D eigenvalue weighted by Gasteiger charge is 2.16. The van der Waals surface area contributed by atoms with Gasteiger partial charge >= 0.3 is 5.69 Å². The fourth-order valence-corrected chi connectivity index (χ4v) is 2.38. The predicted octanol–water partition coefficient (Wildman–Crippen LogP) is -0.679. The maximum atomic E-state index is 12.3. The summed E-state index contributed by atoms with van der Waals surface area (Å²) in [6.45, 7) is 3.04. The highest BCUT2D eigenvalue weighted by atomic mass is 16.5. The number of nitrogens with one attached hydrogen (secondary N) is 2. The molecule has 1 aliphatic heterocycles. The Balaban J connectivity index is 1.98. The van der Waals surface area contributed by atoms with E-state index < -0.39 is 5.69 Å². The topological polar surface area (TPSA) is 89.0 Å². The van der Waals surface area contributed by atoms with Gasteiger partial charge in [0, 0.05) is 31.7 Å². The van der Waals surface area contributed by atoms with Crippen molar-refractivity contribution in [2.24, 2.45) is 5.92 Å². The summed E-state index contributed by atoms with van der Waals surface area (Å²) in [5, 5.41) is 3.23. The number of hydrogen-bond acceptors (Lipinski definition) is 5. The first-order valence-corrected chi connectivity index (χ1v) is 6.62. The van der Waals surface area contributed by atoms with Gasteiger partial charge in [0.1, 0.15) is 0 Å². The second-order valence-corrected chi connectivity index (χ2v) is 4.89. The molecule has 1 aliphatic rings. The van der Waals surface area contributed by atoms with Gasteiger partial charge < -0.3 is 15.0 Å². The smallest absolute Gasteiger partial charge is 0.328 e. The van der Waals surface area contributed by atoms with Crippen molar-refractivity contribution in [3.8, 4) is 0 Å². The summed E-state index contributed by atoms with van der Waals surface area (Å²) in [5.41, 5.74) is -0.00284. The Kier molecular flexibility index (Phi) is 3.62. The summed E-state index contributed by atoms with van der Waals surface area (Å²) in [7, 11) is 0. The van der Waals surface area contributed by atoms with Crippen molar-refractivity contribution in [1.82, 2.24) is 19.9 Å². The third-order valence-corrected chi connectivity index (χ3v) is 3.39. The molecule has 106 valence electrons. The summed E-state index contributed by atoms with van der Waals surface area (Å²) < 4.78 is 6.65. The molecular formula is C13H16N4O3. The highest BCUT2D eigenvalue weighted by Crippen LogP contribution is 2.03. The van der Waals surface area contributed by atoms with Crippen molar-refractivity contribution in [2.75, 3.05) is 26.3 Å².